The first-order chi connectivity index (χ1) is 33.2. The number of rotatable bonds is 8. The van der Waals surface area contributed by atoms with Crippen LogP contribution in [0.2, 0.25) is 0 Å². The van der Waals surface area contributed by atoms with Crippen molar-refractivity contribution in [2.75, 3.05) is 4.90 Å². The third kappa shape index (κ3) is 6.26. The summed E-state index contributed by atoms with van der Waals surface area (Å²) in [4.78, 5) is 2.49. The van der Waals surface area contributed by atoms with Crippen LogP contribution in [0.1, 0.15) is 22.3 Å². The van der Waals surface area contributed by atoms with Gasteiger partial charge in [0.1, 0.15) is 11.2 Å². The number of nitrogens with zero attached hydrogens (tertiary/aromatic N) is 1. The van der Waals surface area contributed by atoms with Crippen LogP contribution in [0, 0.1) is 0 Å². The van der Waals surface area contributed by atoms with E-state index >= 15 is 0 Å². The van der Waals surface area contributed by atoms with Gasteiger partial charge in [0, 0.05) is 27.7 Å². The van der Waals surface area contributed by atoms with Crippen LogP contribution in [0.25, 0.3) is 77.2 Å². The molecule has 0 bridgehead atoms. The van der Waals surface area contributed by atoms with Gasteiger partial charge in [-0.05, 0) is 121 Å². The van der Waals surface area contributed by atoms with Gasteiger partial charge in [-0.15, -0.1) is 0 Å². The van der Waals surface area contributed by atoms with Crippen LogP contribution < -0.4 is 4.90 Å². The summed E-state index contributed by atoms with van der Waals surface area (Å²) < 4.78 is 6.43. The Bertz CT molecular complexity index is 3770. The number of hydrogen-bond acceptors (Lipinski definition) is 2. The molecule has 0 atom stereocenters. The zero-order valence-electron chi connectivity index (χ0n) is 36.7. The second-order valence-electron chi connectivity index (χ2n) is 17.6. The molecule has 1 aliphatic carbocycles. The molecule has 0 spiro atoms. The van der Waals surface area contributed by atoms with Gasteiger partial charge in [-0.2, -0.15) is 0 Å². The van der Waals surface area contributed by atoms with Crippen LogP contribution in [-0.4, -0.2) is 0 Å². The highest BCUT2D eigenvalue weighted by atomic mass is 16.3. The van der Waals surface area contributed by atoms with Gasteiger partial charge >= 0.3 is 0 Å². The number of para-hydroxylation sites is 1. The Labute approximate surface area is 390 Å². The number of benzene rings is 11. The Kier molecular flexibility index (Phi) is 9.11. The van der Waals surface area contributed by atoms with E-state index in [1.54, 1.807) is 0 Å². The highest BCUT2D eigenvalue weighted by molar-refractivity contribution is 6.06. The Morgan fingerprint density at radius 3 is 1.69 bits per heavy atom. The topological polar surface area (TPSA) is 16.4 Å². The molecular formula is C65H43NO. The molecule has 0 saturated carbocycles. The highest BCUT2D eigenvalue weighted by Crippen LogP contribution is 2.57. The predicted molar refractivity (Wildman–Crippen MR) is 280 cm³/mol. The van der Waals surface area contributed by atoms with E-state index < -0.39 is 5.41 Å². The number of hydrogen-bond donors (Lipinski definition) is 0. The molecule has 12 aromatic rings. The maximum atomic E-state index is 6.43. The van der Waals surface area contributed by atoms with Crippen LogP contribution in [-0.2, 0) is 5.41 Å². The maximum Gasteiger partial charge on any atom is 0.136 e. The lowest BCUT2D eigenvalue weighted by molar-refractivity contribution is 0.669. The summed E-state index contributed by atoms with van der Waals surface area (Å²) in [6.07, 6.45) is 0. The lowest BCUT2D eigenvalue weighted by Gasteiger charge is -2.35. The van der Waals surface area contributed by atoms with E-state index in [2.05, 4.69) is 254 Å². The van der Waals surface area contributed by atoms with E-state index in [1.165, 1.54) is 49.7 Å². The van der Waals surface area contributed by atoms with E-state index in [1.807, 2.05) is 12.1 Å². The van der Waals surface area contributed by atoms with Gasteiger partial charge in [0.05, 0.1) is 11.1 Å². The van der Waals surface area contributed by atoms with Crippen LogP contribution in [0.15, 0.2) is 265 Å². The van der Waals surface area contributed by atoms with E-state index in [9.17, 15) is 0 Å². The monoisotopic (exact) mass is 853 g/mol. The molecule has 13 rings (SSSR count). The van der Waals surface area contributed by atoms with Crippen molar-refractivity contribution in [2.45, 2.75) is 5.41 Å². The summed E-state index contributed by atoms with van der Waals surface area (Å²) >= 11 is 0. The molecular weight excluding hydrogens is 811 g/mol. The zero-order valence-corrected chi connectivity index (χ0v) is 36.7. The van der Waals surface area contributed by atoms with E-state index in [4.69, 9.17) is 4.42 Å². The first-order valence-electron chi connectivity index (χ1n) is 23.1. The Morgan fingerprint density at radius 2 is 0.866 bits per heavy atom. The zero-order chi connectivity index (χ0) is 44.3. The van der Waals surface area contributed by atoms with Gasteiger partial charge in [-0.1, -0.05) is 212 Å². The lowest BCUT2D eigenvalue weighted by Crippen LogP contribution is -2.28. The van der Waals surface area contributed by atoms with Crippen LogP contribution in [0.5, 0.6) is 0 Å². The molecule has 0 unspecified atom stereocenters. The van der Waals surface area contributed by atoms with Crippen molar-refractivity contribution in [1.82, 2.24) is 0 Å². The van der Waals surface area contributed by atoms with Crippen molar-refractivity contribution >= 4 is 49.8 Å². The summed E-state index contributed by atoms with van der Waals surface area (Å²) in [5.41, 5.74) is 18.8. The molecule has 1 aliphatic rings. The van der Waals surface area contributed by atoms with Crippen LogP contribution in [0.4, 0.5) is 17.1 Å². The van der Waals surface area contributed by atoms with E-state index in [0.29, 0.717) is 0 Å². The average molecular weight is 854 g/mol. The standard InChI is InChI=1S/C65H43NO/c1-4-18-45(19-5-1)55-37-35-48(54-31-17-21-44-20-10-11-28-53(44)54)41-62(55)66(51-27-16-22-46(40-51)47-34-38-59-58-30-13-15-33-63(58)67-64(59)42-47)52-36-39-57-56-29-12-14-32-60(56)65(61(57)43-52,49-23-6-2-7-24-49)50-25-8-3-9-26-50/h1-43H. The third-order valence-corrected chi connectivity index (χ3v) is 13.9. The first kappa shape index (κ1) is 38.7. The van der Waals surface area contributed by atoms with Crippen molar-refractivity contribution in [3.8, 4) is 44.5 Å². The number of anilines is 3. The van der Waals surface area contributed by atoms with Crippen molar-refractivity contribution < 1.29 is 4.42 Å². The van der Waals surface area contributed by atoms with Gasteiger partial charge < -0.3 is 9.32 Å². The van der Waals surface area contributed by atoms with Crippen LogP contribution in [0.3, 0.4) is 0 Å². The fourth-order valence-corrected chi connectivity index (χ4v) is 11.0. The number of furan rings is 1. The molecule has 2 heteroatoms. The molecule has 314 valence electrons. The third-order valence-electron chi connectivity index (χ3n) is 13.9. The molecule has 0 aliphatic heterocycles. The predicted octanol–water partition coefficient (Wildman–Crippen LogP) is 17.6. The summed E-state index contributed by atoms with van der Waals surface area (Å²) in [6.45, 7) is 0. The molecule has 67 heavy (non-hydrogen) atoms. The average Bonchev–Trinajstić information content (AvgIpc) is 3.92. The van der Waals surface area contributed by atoms with Crippen LogP contribution >= 0.6 is 0 Å². The maximum absolute atomic E-state index is 6.43. The molecule has 1 heterocycles. The molecule has 1 aromatic heterocycles. The summed E-state index contributed by atoms with van der Waals surface area (Å²) in [6, 6.07) is 95.4. The molecule has 2 nitrogen and oxygen atoms in total. The molecule has 0 radical (unpaired) electrons. The van der Waals surface area contributed by atoms with Gasteiger partial charge in [0.25, 0.3) is 0 Å². The second-order valence-corrected chi connectivity index (χ2v) is 17.6. The van der Waals surface area contributed by atoms with Crippen molar-refractivity contribution in [3.05, 3.63) is 283 Å². The minimum atomic E-state index is -0.562. The van der Waals surface area contributed by atoms with Crippen molar-refractivity contribution in [3.63, 3.8) is 0 Å². The highest BCUT2D eigenvalue weighted by Gasteiger charge is 2.46. The minimum Gasteiger partial charge on any atom is -0.456 e. The summed E-state index contributed by atoms with van der Waals surface area (Å²) in [5.74, 6) is 0. The Morgan fingerprint density at radius 1 is 0.299 bits per heavy atom. The molecule has 0 fully saturated rings. The van der Waals surface area contributed by atoms with E-state index in [-0.39, 0.29) is 0 Å². The SMILES string of the molecule is c1ccc(-c2ccc(-c3cccc4ccccc34)cc2N(c2cccc(-c3ccc4c(c3)oc3ccccc34)c2)c2ccc3c(c2)C(c2ccccc2)(c2ccccc2)c2ccccc2-3)cc1. The first-order valence-corrected chi connectivity index (χ1v) is 23.1. The quantitative estimate of drug-likeness (QED) is 0.151. The molecule has 0 amide bonds. The Balaban J connectivity index is 1.09. The van der Waals surface area contributed by atoms with Crippen molar-refractivity contribution in [1.29, 1.82) is 0 Å². The minimum absolute atomic E-state index is 0.562. The van der Waals surface area contributed by atoms with E-state index in [0.717, 1.165) is 66.8 Å². The lowest BCUT2D eigenvalue weighted by atomic mass is 9.67. The number of fused-ring (bicyclic) bond motifs is 7. The summed E-state index contributed by atoms with van der Waals surface area (Å²) in [7, 11) is 0. The van der Waals surface area contributed by atoms with Crippen molar-refractivity contribution in [2.24, 2.45) is 0 Å². The molecule has 0 N–H and O–H groups in total. The fraction of sp³-hybridized carbons (Fsp3) is 0.0154. The molecule has 0 saturated heterocycles. The normalized spacial score (nSPS) is 12.6. The smallest absolute Gasteiger partial charge is 0.136 e. The second kappa shape index (κ2) is 15.8. The van der Waals surface area contributed by atoms with Gasteiger partial charge in [0.2, 0.25) is 0 Å². The Hall–Kier alpha value is -8.72. The summed E-state index contributed by atoms with van der Waals surface area (Å²) in [5, 5.41) is 4.69. The van der Waals surface area contributed by atoms with Gasteiger partial charge in [-0.25, -0.2) is 0 Å². The fourth-order valence-electron chi connectivity index (χ4n) is 11.0. The van der Waals surface area contributed by atoms with Gasteiger partial charge in [0.15, 0.2) is 0 Å². The largest absolute Gasteiger partial charge is 0.456 e. The van der Waals surface area contributed by atoms with Gasteiger partial charge in [-0.3, -0.25) is 0 Å². The molecule has 11 aromatic carbocycles.